The number of halogens is 3. The number of carbonyl (C=O) groups is 2. The van der Waals surface area contributed by atoms with Crippen molar-refractivity contribution in [2.24, 2.45) is 0 Å². The average molecular weight is 514 g/mol. The third-order valence-electron chi connectivity index (χ3n) is 3.62. The van der Waals surface area contributed by atoms with Crippen LogP contribution in [0.4, 0.5) is 18.0 Å². The minimum absolute atomic E-state index is 0.0569. The Bertz CT molecular complexity index is 933. The van der Waals surface area contributed by atoms with E-state index in [2.05, 4.69) is 9.50 Å². The number of benzene rings is 1. The summed E-state index contributed by atoms with van der Waals surface area (Å²) in [5.74, 6) is -0.438. The van der Waals surface area contributed by atoms with Crippen LogP contribution in [0.5, 0.6) is 5.75 Å². The first-order valence-corrected chi connectivity index (χ1v) is 11.6. The third-order valence-corrected chi connectivity index (χ3v) is 4.66. The van der Waals surface area contributed by atoms with E-state index in [9.17, 15) is 31.2 Å². The van der Waals surface area contributed by atoms with Crippen molar-refractivity contribution < 1.29 is 49.6 Å². The van der Waals surface area contributed by atoms with Crippen molar-refractivity contribution >= 4 is 22.2 Å². The van der Waals surface area contributed by atoms with Gasteiger partial charge in [-0.15, -0.1) is 0 Å². The SMILES string of the molecule is CC(C)(C)OC(=O)N[C@@H](Cc1ccc(OCCOS(=O)(=O)C(F)(F)F)cc1)C(=O)OC(C)(C)C. The van der Waals surface area contributed by atoms with Gasteiger partial charge in [0.05, 0.1) is 0 Å². The highest BCUT2D eigenvalue weighted by atomic mass is 32.2. The maximum atomic E-state index is 12.6. The number of alkyl halides is 3. The van der Waals surface area contributed by atoms with E-state index in [-0.39, 0.29) is 12.2 Å². The molecule has 194 valence electrons. The van der Waals surface area contributed by atoms with Gasteiger partial charge in [-0.2, -0.15) is 21.6 Å². The lowest BCUT2D eigenvalue weighted by Gasteiger charge is -2.26. The van der Waals surface area contributed by atoms with Crippen LogP contribution in [0.25, 0.3) is 0 Å². The molecule has 0 aliphatic rings. The van der Waals surface area contributed by atoms with Crippen molar-refractivity contribution in [3.63, 3.8) is 0 Å². The summed E-state index contributed by atoms with van der Waals surface area (Å²) in [6.07, 6.45) is -0.737. The Morgan fingerprint density at radius 1 is 0.912 bits per heavy atom. The highest BCUT2D eigenvalue weighted by Gasteiger charge is 2.47. The van der Waals surface area contributed by atoms with Gasteiger partial charge in [0.25, 0.3) is 0 Å². The van der Waals surface area contributed by atoms with Crippen LogP contribution < -0.4 is 10.1 Å². The Balaban J connectivity index is 2.77. The molecule has 1 aromatic rings. The second-order valence-electron chi connectivity index (χ2n) is 9.15. The monoisotopic (exact) mass is 513 g/mol. The predicted molar refractivity (Wildman–Crippen MR) is 116 cm³/mol. The molecule has 1 aromatic carbocycles. The van der Waals surface area contributed by atoms with E-state index in [1.165, 1.54) is 12.1 Å². The minimum Gasteiger partial charge on any atom is -0.491 e. The number of esters is 1. The van der Waals surface area contributed by atoms with Gasteiger partial charge >= 0.3 is 27.7 Å². The predicted octanol–water partition coefficient (Wildman–Crippen LogP) is 3.71. The van der Waals surface area contributed by atoms with Crippen LogP contribution in [-0.2, 0) is 35.0 Å². The molecule has 0 radical (unpaired) electrons. The Hall–Kier alpha value is -2.54. The summed E-state index contributed by atoms with van der Waals surface area (Å²) in [6, 6.07) is 5.01. The second kappa shape index (κ2) is 11.3. The van der Waals surface area contributed by atoms with Gasteiger partial charge in [-0.1, -0.05) is 12.1 Å². The maximum Gasteiger partial charge on any atom is 0.523 e. The van der Waals surface area contributed by atoms with Crippen LogP contribution >= 0.6 is 0 Å². The zero-order valence-electron chi connectivity index (χ0n) is 19.8. The number of ether oxygens (including phenoxy) is 3. The van der Waals surface area contributed by atoms with Crippen LogP contribution in [0.2, 0.25) is 0 Å². The molecule has 0 saturated heterocycles. The summed E-state index contributed by atoms with van der Waals surface area (Å²) < 4.78 is 77.9. The summed E-state index contributed by atoms with van der Waals surface area (Å²) in [4.78, 5) is 24.8. The van der Waals surface area contributed by atoms with Gasteiger partial charge in [0.15, 0.2) is 0 Å². The topological polar surface area (TPSA) is 117 Å². The lowest BCUT2D eigenvalue weighted by Crippen LogP contribution is -2.47. The Morgan fingerprint density at radius 2 is 1.44 bits per heavy atom. The van der Waals surface area contributed by atoms with Crippen LogP contribution in [0, 0.1) is 0 Å². The van der Waals surface area contributed by atoms with Crippen molar-refractivity contribution in [3.05, 3.63) is 29.8 Å². The van der Waals surface area contributed by atoms with Gasteiger partial charge < -0.3 is 19.5 Å². The van der Waals surface area contributed by atoms with E-state index in [0.29, 0.717) is 5.56 Å². The van der Waals surface area contributed by atoms with Gasteiger partial charge in [0.1, 0.15) is 36.2 Å². The smallest absolute Gasteiger partial charge is 0.491 e. The fourth-order valence-corrected chi connectivity index (χ4v) is 2.76. The fraction of sp³-hybridized carbons (Fsp3) is 0.619. The summed E-state index contributed by atoms with van der Waals surface area (Å²) >= 11 is 0. The molecule has 0 aliphatic heterocycles. The standard InChI is InChI=1S/C21H30F3NO8S/c1-19(2,3)32-17(26)16(25-18(27)33-20(4,5)6)13-14-7-9-15(10-8-14)30-11-12-31-34(28,29)21(22,23)24/h7-10,16H,11-13H2,1-6H3,(H,25,27)/t16-/m0/s1. The molecule has 0 spiro atoms. The Morgan fingerprint density at radius 3 is 1.91 bits per heavy atom. The van der Waals surface area contributed by atoms with Gasteiger partial charge in [0.2, 0.25) is 0 Å². The number of nitrogens with one attached hydrogen (secondary N) is 1. The van der Waals surface area contributed by atoms with Crippen molar-refractivity contribution in [1.29, 1.82) is 0 Å². The van der Waals surface area contributed by atoms with Crippen molar-refractivity contribution in [1.82, 2.24) is 5.32 Å². The first-order valence-electron chi connectivity index (χ1n) is 10.2. The Kier molecular flexibility index (Phi) is 9.76. The van der Waals surface area contributed by atoms with Crippen molar-refractivity contribution in [2.45, 2.75) is 70.7 Å². The van der Waals surface area contributed by atoms with Crippen LogP contribution in [0.15, 0.2) is 24.3 Å². The van der Waals surface area contributed by atoms with Crippen LogP contribution in [0.1, 0.15) is 47.1 Å². The normalized spacial score (nSPS) is 13.7. The fourth-order valence-electron chi connectivity index (χ4n) is 2.34. The largest absolute Gasteiger partial charge is 0.523 e. The molecule has 1 amide bonds. The Labute approximate surface area is 197 Å². The van der Waals surface area contributed by atoms with Crippen LogP contribution in [0.3, 0.4) is 0 Å². The van der Waals surface area contributed by atoms with E-state index >= 15 is 0 Å². The number of carbonyl (C=O) groups excluding carboxylic acids is 2. The summed E-state index contributed by atoms with van der Waals surface area (Å²) in [5, 5.41) is 2.49. The van der Waals surface area contributed by atoms with Crippen molar-refractivity contribution in [3.8, 4) is 5.75 Å². The van der Waals surface area contributed by atoms with E-state index < -0.39 is 58.1 Å². The molecule has 13 heteroatoms. The maximum absolute atomic E-state index is 12.6. The van der Waals surface area contributed by atoms with Crippen molar-refractivity contribution in [2.75, 3.05) is 13.2 Å². The lowest BCUT2D eigenvalue weighted by atomic mass is 10.1. The quantitative estimate of drug-likeness (QED) is 0.230. The summed E-state index contributed by atoms with van der Waals surface area (Å²) in [7, 11) is -5.68. The van der Waals surface area contributed by atoms with Crippen LogP contribution in [-0.4, -0.2) is 56.4 Å². The average Bonchev–Trinajstić information content (AvgIpc) is 2.62. The number of hydrogen-bond donors (Lipinski definition) is 1. The zero-order chi connectivity index (χ0) is 26.4. The molecule has 1 rings (SSSR count). The molecule has 0 fully saturated rings. The summed E-state index contributed by atoms with van der Waals surface area (Å²) in [6.45, 7) is 8.81. The molecule has 0 saturated carbocycles. The van der Waals surface area contributed by atoms with Gasteiger partial charge in [-0.3, -0.25) is 4.18 Å². The molecular weight excluding hydrogens is 483 g/mol. The molecule has 0 unspecified atom stereocenters. The molecule has 34 heavy (non-hydrogen) atoms. The number of rotatable bonds is 9. The molecule has 9 nitrogen and oxygen atoms in total. The molecule has 0 heterocycles. The lowest BCUT2D eigenvalue weighted by molar-refractivity contribution is -0.157. The zero-order valence-corrected chi connectivity index (χ0v) is 20.6. The van der Waals surface area contributed by atoms with Gasteiger partial charge in [-0.05, 0) is 59.2 Å². The van der Waals surface area contributed by atoms with Gasteiger partial charge in [0, 0.05) is 6.42 Å². The highest BCUT2D eigenvalue weighted by molar-refractivity contribution is 7.87. The molecule has 0 aromatic heterocycles. The molecular formula is C21H30F3NO8S. The van der Waals surface area contributed by atoms with E-state index in [4.69, 9.17) is 14.2 Å². The number of alkyl carbamates (subject to hydrolysis) is 1. The number of hydrogen-bond acceptors (Lipinski definition) is 8. The third kappa shape index (κ3) is 11.1. The number of amides is 1. The van der Waals surface area contributed by atoms with E-state index in [1.807, 2.05) is 0 Å². The highest BCUT2D eigenvalue weighted by Crippen LogP contribution is 2.24. The van der Waals surface area contributed by atoms with E-state index in [1.54, 1.807) is 53.7 Å². The molecule has 1 atom stereocenters. The molecule has 0 bridgehead atoms. The first kappa shape index (κ1) is 29.5. The molecule has 1 N–H and O–H groups in total. The second-order valence-corrected chi connectivity index (χ2v) is 10.8. The van der Waals surface area contributed by atoms with E-state index in [0.717, 1.165) is 0 Å². The first-order chi connectivity index (χ1) is 15.3. The minimum atomic E-state index is -5.68. The summed E-state index contributed by atoms with van der Waals surface area (Å²) in [5.41, 5.74) is -6.46. The van der Waals surface area contributed by atoms with Gasteiger partial charge in [-0.25, -0.2) is 9.59 Å². The molecule has 0 aliphatic carbocycles.